The van der Waals surface area contributed by atoms with Gasteiger partial charge in [-0.2, -0.15) is 0 Å². The molecule has 0 aliphatic carbocycles. The number of carboxylic acid groups (broad SMARTS) is 1. The maximum Gasteiger partial charge on any atom is 0.337 e. The highest BCUT2D eigenvalue weighted by Crippen LogP contribution is 2.25. The van der Waals surface area contributed by atoms with Crippen LogP contribution in [0.4, 0.5) is 5.69 Å². The van der Waals surface area contributed by atoms with Gasteiger partial charge in [0, 0.05) is 28.9 Å². The number of aromatic nitrogens is 1. The van der Waals surface area contributed by atoms with Crippen molar-refractivity contribution in [3.05, 3.63) is 81.6 Å². The van der Waals surface area contributed by atoms with Gasteiger partial charge in [0.1, 0.15) is 0 Å². The number of aromatic carboxylic acids is 1. The highest BCUT2D eigenvalue weighted by molar-refractivity contribution is 6.33. The van der Waals surface area contributed by atoms with Crippen LogP contribution < -0.4 is 0 Å². The lowest BCUT2D eigenvalue weighted by atomic mass is 10.1. The Labute approximate surface area is 163 Å². The van der Waals surface area contributed by atoms with E-state index in [2.05, 4.69) is 54.6 Å². The molecule has 1 N–H and O–H groups in total. The number of halogens is 1. The highest BCUT2D eigenvalue weighted by Gasteiger charge is 2.12. The Balaban J connectivity index is 1.99. The minimum Gasteiger partial charge on any atom is -0.478 e. The Kier molecular flexibility index (Phi) is 5.47. The number of carboxylic acids is 1. The third kappa shape index (κ3) is 3.81. The van der Waals surface area contributed by atoms with Gasteiger partial charge >= 0.3 is 5.97 Å². The van der Waals surface area contributed by atoms with E-state index in [1.807, 2.05) is 6.07 Å². The molecule has 0 unspecified atom stereocenters. The van der Waals surface area contributed by atoms with Crippen LogP contribution in [0.25, 0.3) is 5.69 Å². The summed E-state index contributed by atoms with van der Waals surface area (Å²) < 4.78 is 2.23. The van der Waals surface area contributed by atoms with Crippen molar-refractivity contribution in [2.24, 2.45) is 4.99 Å². The van der Waals surface area contributed by atoms with E-state index in [0.29, 0.717) is 5.69 Å². The minimum absolute atomic E-state index is 0.0497. The summed E-state index contributed by atoms with van der Waals surface area (Å²) in [5.74, 6) is -1.06. The van der Waals surface area contributed by atoms with Crippen molar-refractivity contribution < 1.29 is 9.90 Å². The summed E-state index contributed by atoms with van der Waals surface area (Å²) in [5.41, 5.74) is 6.26. The topological polar surface area (TPSA) is 54.6 Å². The van der Waals surface area contributed by atoms with Crippen LogP contribution in [0, 0.1) is 13.8 Å². The molecule has 0 fully saturated rings. The summed E-state index contributed by atoms with van der Waals surface area (Å²) in [7, 11) is 0. The molecule has 0 saturated carbocycles. The molecule has 0 amide bonds. The van der Waals surface area contributed by atoms with E-state index in [0.717, 1.165) is 23.4 Å². The van der Waals surface area contributed by atoms with Gasteiger partial charge in [0.25, 0.3) is 0 Å². The number of benzene rings is 2. The standard InChI is InChI=1S/C22H21ClN2O2/c1-4-16-7-5-6-8-21(16)25-14(2)11-17(15(25)3)13-24-18-9-10-20(23)19(12-18)22(26)27/h5-13H,4H2,1-3H3,(H,26,27). The summed E-state index contributed by atoms with van der Waals surface area (Å²) in [6.07, 6.45) is 2.72. The van der Waals surface area contributed by atoms with Gasteiger partial charge in [0.05, 0.1) is 16.3 Å². The highest BCUT2D eigenvalue weighted by atomic mass is 35.5. The monoisotopic (exact) mass is 380 g/mol. The van der Waals surface area contributed by atoms with Crippen molar-refractivity contribution in [1.82, 2.24) is 4.57 Å². The molecule has 0 atom stereocenters. The van der Waals surface area contributed by atoms with Crippen molar-refractivity contribution in [3.8, 4) is 5.69 Å². The smallest absolute Gasteiger partial charge is 0.337 e. The van der Waals surface area contributed by atoms with E-state index >= 15 is 0 Å². The Morgan fingerprint density at radius 2 is 1.93 bits per heavy atom. The second-order valence-electron chi connectivity index (χ2n) is 6.37. The van der Waals surface area contributed by atoms with Gasteiger partial charge in [-0.25, -0.2) is 4.79 Å². The zero-order valence-electron chi connectivity index (χ0n) is 15.5. The van der Waals surface area contributed by atoms with E-state index in [4.69, 9.17) is 11.6 Å². The van der Waals surface area contributed by atoms with Crippen LogP contribution >= 0.6 is 11.6 Å². The average Bonchev–Trinajstić information content (AvgIpc) is 2.94. The minimum atomic E-state index is -1.06. The molecule has 3 aromatic rings. The Hall–Kier alpha value is -2.85. The van der Waals surface area contributed by atoms with Crippen molar-refractivity contribution in [1.29, 1.82) is 0 Å². The molecule has 1 aromatic heterocycles. The lowest BCUT2D eigenvalue weighted by Gasteiger charge is -2.13. The second kappa shape index (κ2) is 7.80. The average molecular weight is 381 g/mol. The van der Waals surface area contributed by atoms with Gasteiger partial charge in [0.15, 0.2) is 0 Å². The van der Waals surface area contributed by atoms with E-state index in [1.165, 1.54) is 17.3 Å². The summed E-state index contributed by atoms with van der Waals surface area (Å²) in [4.78, 5) is 15.7. The van der Waals surface area contributed by atoms with E-state index < -0.39 is 5.97 Å². The molecule has 5 heteroatoms. The summed E-state index contributed by atoms with van der Waals surface area (Å²) in [6, 6.07) is 15.2. The first kappa shape index (κ1) is 18.9. The number of aliphatic imine (C=N–C) groups is 1. The molecule has 0 aliphatic rings. The van der Waals surface area contributed by atoms with Crippen LogP contribution in [0.5, 0.6) is 0 Å². The van der Waals surface area contributed by atoms with Crippen LogP contribution in [-0.2, 0) is 6.42 Å². The van der Waals surface area contributed by atoms with Gasteiger partial charge in [-0.1, -0.05) is 36.7 Å². The predicted molar refractivity (Wildman–Crippen MR) is 110 cm³/mol. The third-order valence-corrected chi connectivity index (χ3v) is 4.95. The lowest BCUT2D eigenvalue weighted by Crippen LogP contribution is -2.03. The molecule has 2 aromatic carbocycles. The molecule has 138 valence electrons. The molecule has 27 heavy (non-hydrogen) atoms. The van der Waals surface area contributed by atoms with Crippen LogP contribution in [0.15, 0.2) is 53.5 Å². The summed E-state index contributed by atoms with van der Waals surface area (Å²) in [5, 5.41) is 9.40. The van der Waals surface area contributed by atoms with Crippen LogP contribution in [-0.4, -0.2) is 21.9 Å². The number of hydrogen-bond acceptors (Lipinski definition) is 2. The van der Waals surface area contributed by atoms with Crippen molar-refractivity contribution in [3.63, 3.8) is 0 Å². The maximum absolute atomic E-state index is 11.2. The zero-order valence-corrected chi connectivity index (χ0v) is 16.3. The molecule has 4 nitrogen and oxygen atoms in total. The number of para-hydroxylation sites is 1. The molecule has 0 bridgehead atoms. The van der Waals surface area contributed by atoms with Gasteiger partial charge in [-0.05, 0) is 56.2 Å². The first-order chi connectivity index (χ1) is 12.9. The van der Waals surface area contributed by atoms with Crippen LogP contribution in [0.3, 0.4) is 0 Å². The van der Waals surface area contributed by atoms with E-state index in [9.17, 15) is 9.90 Å². The molecular weight excluding hydrogens is 360 g/mol. The molecule has 0 aliphatic heterocycles. The lowest BCUT2D eigenvalue weighted by molar-refractivity contribution is 0.0697. The molecule has 3 rings (SSSR count). The van der Waals surface area contributed by atoms with Gasteiger partial charge < -0.3 is 9.67 Å². The fraction of sp³-hybridized carbons (Fsp3) is 0.182. The van der Waals surface area contributed by atoms with Crippen molar-refractivity contribution >= 4 is 29.5 Å². The summed E-state index contributed by atoms with van der Waals surface area (Å²) in [6.45, 7) is 6.28. The Morgan fingerprint density at radius 1 is 1.19 bits per heavy atom. The normalized spacial score (nSPS) is 11.3. The predicted octanol–water partition coefficient (Wildman–Crippen LogP) is 5.76. The Bertz CT molecular complexity index is 1030. The first-order valence-electron chi connectivity index (χ1n) is 8.76. The van der Waals surface area contributed by atoms with Gasteiger partial charge in [-0.3, -0.25) is 4.99 Å². The number of hydrogen-bond donors (Lipinski definition) is 1. The Morgan fingerprint density at radius 3 is 2.63 bits per heavy atom. The maximum atomic E-state index is 11.2. The van der Waals surface area contributed by atoms with Crippen LogP contribution in [0.1, 0.15) is 39.8 Å². The molecule has 1 heterocycles. The van der Waals surface area contributed by atoms with E-state index in [-0.39, 0.29) is 10.6 Å². The van der Waals surface area contributed by atoms with Crippen molar-refractivity contribution in [2.45, 2.75) is 27.2 Å². The van der Waals surface area contributed by atoms with Crippen LogP contribution in [0.2, 0.25) is 5.02 Å². The number of rotatable bonds is 5. The summed E-state index contributed by atoms with van der Waals surface area (Å²) >= 11 is 5.92. The first-order valence-corrected chi connectivity index (χ1v) is 9.14. The number of aryl methyl sites for hydroxylation is 2. The number of nitrogens with zero attached hydrogens (tertiary/aromatic N) is 2. The molecule has 0 radical (unpaired) electrons. The second-order valence-corrected chi connectivity index (χ2v) is 6.78. The zero-order chi connectivity index (χ0) is 19.6. The van der Waals surface area contributed by atoms with Gasteiger partial charge in [0.2, 0.25) is 0 Å². The molecule has 0 spiro atoms. The SMILES string of the molecule is CCc1ccccc1-n1c(C)cc(C=Nc2ccc(Cl)c(C(=O)O)c2)c1C. The quantitative estimate of drug-likeness (QED) is 0.572. The molecule has 0 saturated heterocycles. The largest absolute Gasteiger partial charge is 0.478 e. The van der Waals surface area contributed by atoms with Crippen molar-refractivity contribution in [2.75, 3.05) is 0 Å². The number of carbonyl (C=O) groups is 1. The van der Waals surface area contributed by atoms with Gasteiger partial charge in [-0.15, -0.1) is 0 Å². The van der Waals surface area contributed by atoms with E-state index in [1.54, 1.807) is 18.3 Å². The molecular formula is C22H21ClN2O2. The fourth-order valence-corrected chi connectivity index (χ4v) is 3.42. The fourth-order valence-electron chi connectivity index (χ4n) is 3.22. The third-order valence-electron chi connectivity index (χ3n) is 4.62.